The maximum atomic E-state index is 14.3. The number of hydrogen-bond donors (Lipinski definition) is 1. The van der Waals surface area contributed by atoms with Crippen LogP contribution in [0.2, 0.25) is 0 Å². The van der Waals surface area contributed by atoms with Crippen LogP contribution in [-0.2, 0) is 30.7 Å². The van der Waals surface area contributed by atoms with Crippen molar-refractivity contribution in [2.24, 2.45) is 0 Å². The molecule has 1 N–H and O–H groups in total. The summed E-state index contributed by atoms with van der Waals surface area (Å²) in [4.78, 5) is 30.7. The molecule has 0 saturated heterocycles. The number of nitrogens with one attached hydrogen (secondary N) is 1. The van der Waals surface area contributed by atoms with E-state index < -0.39 is 33.1 Å². The lowest BCUT2D eigenvalue weighted by Crippen LogP contribution is -2.18. The molecule has 7 aromatic rings. The van der Waals surface area contributed by atoms with Crippen molar-refractivity contribution in [2.75, 3.05) is 17.8 Å². The van der Waals surface area contributed by atoms with Gasteiger partial charge in [0.1, 0.15) is 17.8 Å². The standard InChI is InChI=1S/C24H21N2O3P.C14H13NO3S.C8H8O3S/c27-30(28-22-14-6-2-7-15-22,29-23-16-8-3-9-17-23)24(20-11-10-18-25-19-20)26-21-12-4-1-5-13-21;1-19(17,18)13-6-4-11(5-7-13)9-14(16)12-3-2-8-15-10-12;1-12(10,11)8-4-2-7(6-9)3-5-8/h1-19,24,26H;2-8,10H,9H2,1H3;2-6H,1H3. The summed E-state index contributed by atoms with van der Waals surface area (Å²) in [5, 5.41) is 3.32. The molecular weight excluding hydrogens is 834 g/mol. The summed E-state index contributed by atoms with van der Waals surface area (Å²) in [5.41, 5.74) is 3.29. The van der Waals surface area contributed by atoms with Crippen molar-refractivity contribution in [1.29, 1.82) is 0 Å². The minimum Gasteiger partial charge on any atom is -0.414 e. The number of aldehydes is 1. The summed E-state index contributed by atoms with van der Waals surface area (Å²) >= 11 is 0. The maximum Gasteiger partial charge on any atom is 0.457 e. The van der Waals surface area contributed by atoms with Crippen LogP contribution >= 0.6 is 7.60 Å². The Bertz CT molecular complexity index is 2690. The predicted molar refractivity (Wildman–Crippen MR) is 236 cm³/mol. The molecule has 0 radical (unpaired) electrons. The fourth-order valence-electron chi connectivity index (χ4n) is 5.42. The van der Waals surface area contributed by atoms with Gasteiger partial charge in [0.25, 0.3) is 0 Å². The molecular formula is C46H42N3O9PS2. The molecule has 12 nitrogen and oxygen atoms in total. The molecule has 7 rings (SSSR count). The summed E-state index contributed by atoms with van der Waals surface area (Å²) in [7, 11) is -10.2. The molecule has 0 aliphatic rings. The number of Topliss-reactive ketones (excluding diaryl/α,β-unsaturated/α-hetero) is 1. The van der Waals surface area contributed by atoms with Gasteiger partial charge in [-0.3, -0.25) is 19.6 Å². The van der Waals surface area contributed by atoms with Crippen LogP contribution in [0.3, 0.4) is 0 Å². The zero-order valence-corrected chi connectivity index (χ0v) is 35.6. The number of carbonyl (C=O) groups excluding carboxylic acids is 2. The van der Waals surface area contributed by atoms with Crippen LogP contribution in [0.5, 0.6) is 11.5 Å². The van der Waals surface area contributed by atoms with Crippen LogP contribution in [0.1, 0.15) is 37.6 Å². The van der Waals surface area contributed by atoms with Gasteiger partial charge in [-0.2, -0.15) is 0 Å². The molecule has 15 heteroatoms. The third-order valence-corrected chi connectivity index (χ3v) is 12.7. The van der Waals surface area contributed by atoms with Crippen molar-refractivity contribution in [2.45, 2.75) is 22.0 Å². The van der Waals surface area contributed by atoms with E-state index in [1.807, 2.05) is 72.8 Å². The molecule has 61 heavy (non-hydrogen) atoms. The maximum absolute atomic E-state index is 14.3. The summed E-state index contributed by atoms with van der Waals surface area (Å²) in [6, 6.07) is 46.8. The van der Waals surface area contributed by atoms with E-state index in [2.05, 4.69) is 15.3 Å². The van der Waals surface area contributed by atoms with Gasteiger partial charge in [0.2, 0.25) is 0 Å². The number of carbonyl (C=O) groups is 2. The Balaban J connectivity index is 0.000000193. The van der Waals surface area contributed by atoms with E-state index in [0.717, 1.165) is 23.8 Å². The highest BCUT2D eigenvalue weighted by molar-refractivity contribution is 7.91. The van der Waals surface area contributed by atoms with E-state index in [-0.39, 0.29) is 22.0 Å². The molecule has 0 saturated carbocycles. The van der Waals surface area contributed by atoms with E-state index in [9.17, 15) is 31.0 Å². The number of sulfone groups is 2. The number of ketones is 1. The van der Waals surface area contributed by atoms with E-state index in [0.29, 0.717) is 34.5 Å². The number of rotatable bonds is 14. The number of para-hydroxylation sites is 3. The second-order valence-electron chi connectivity index (χ2n) is 13.3. The monoisotopic (exact) mass is 875 g/mol. The molecule has 0 aliphatic carbocycles. The quantitative estimate of drug-likeness (QED) is 0.0624. The first-order chi connectivity index (χ1) is 29.2. The fraction of sp³-hybridized carbons (Fsp3) is 0.0870. The van der Waals surface area contributed by atoms with Crippen molar-refractivity contribution in [3.8, 4) is 11.5 Å². The van der Waals surface area contributed by atoms with Gasteiger partial charge < -0.3 is 14.4 Å². The van der Waals surface area contributed by atoms with Crippen molar-refractivity contribution >= 4 is 45.0 Å². The predicted octanol–water partition coefficient (Wildman–Crippen LogP) is 9.36. The van der Waals surface area contributed by atoms with E-state index in [4.69, 9.17) is 9.05 Å². The Labute approximate surface area is 355 Å². The van der Waals surface area contributed by atoms with Crippen LogP contribution in [-0.4, -0.2) is 51.4 Å². The number of nitrogens with zero attached hydrogens (tertiary/aromatic N) is 2. The molecule has 0 aliphatic heterocycles. The summed E-state index contributed by atoms with van der Waals surface area (Å²) in [6.07, 6.45) is 9.65. The number of aromatic nitrogens is 2. The fourth-order valence-corrected chi connectivity index (χ4v) is 8.58. The lowest BCUT2D eigenvalue weighted by atomic mass is 10.0. The highest BCUT2D eigenvalue weighted by Gasteiger charge is 2.41. The summed E-state index contributed by atoms with van der Waals surface area (Å²) < 4.78 is 70.9. The molecule has 2 aromatic heterocycles. The molecule has 1 unspecified atom stereocenters. The van der Waals surface area contributed by atoms with E-state index in [1.165, 1.54) is 42.6 Å². The van der Waals surface area contributed by atoms with Gasteiger partial charge in [0.15, 0.2) is 31.2 Å². The SMILES string of the molecule is CS(=O)(=O)c1ccc(C=O)cc1.CS(=O)(=O)c1ccc(CC(=O)c2cccnc2)cc1.O=P(Oc1ccccc1)(Oc1ccccc1)C(Nc1ccccc1)c1cccnc1. The molecule has 0 spiro atoms. The lowest BCUT2D eigenvalue weighted by molar-refractivity contribution is 0.0992. The number of pyridine rings is 2. The summed E-state index contributed by atoms with van der Waals surface area (Å²) in [6.45, 7) is 0. The average molecular weight is 876 g/mol. The minimum absolute atomic E-state index is 0.0415. The Morgan fingerprint density at radius 3 is 1.54 bits per heavy atom. The Morgan fingerprint density at radius 1 is 0.623 bits per heavy atom. The second-order valence-corrected chi connectivity index (χ2v) is 19.3. The largest absolute Gasteiger partial charge is 0.457 e. The van der Waals surface area contributed by atoms with Crippen LogP contribution < -0.4 is 14.4 Å². The third kappa shape index (κ3) is 14.2. The van der Waals surface area contributed by atoms with Crippen molar-refractivity contribution in [3.05, 3.63) is 211 Å². The van der Waals surface area contributed by atoms with E-state index >= 15 is 0 Å². The first-order valence-corrected chi connectivity index (χ1v) is 23.9. The van der Waals surface area contributed by atoms with Gasteiger partial charge in [0.05, 0.1) is 9.79 Å². The zero-order valence-electron chi connectivity index (χ0n) is 33.1. The van der Waals surface area contributed by atoms with Crippen LogP contribution in [0.25, 0.3) is 0 Å². The van der Waals surface area contributed by atoms with Gasteiger partial charge >= 0.3 is 7.60 Å². The number of anilines is 1. The normalized spacial score (nSPS) is 11.6. The molecule has 0 amide bonds. The zero-order chi connectivity index (χ0) is 43.7. The van der Waals surface area contributed by atoms with Crippen LogP contribution in [0, 0.1) is 0 Å². The molecule has 0 fully saturated rings. The highest BCUT2D eigenvalue weighted by atomic mass is 32.2. The number of hydrogen-bond acceptors (Lipinski definition) is 12. The van der Waals surface area contributed by atoms with Crippen LogP contribution in [0.4, 0.5) is 5.69 Å². The molecule has 5 aromatic carbocycles. The van der Waals surface area contributed by atoms with Gasteiger partial charge in [-0.15, -0.1) is 0 Å². The summed E-state index contributed by atoms with van der Waals surface area (Å²) in [5.74, 6) is 0.0928. The molecule has 0 bridgehead atoms. The topological polar surface area (TPSA) is 176 Å². The molecule has 1 atom stereocenters. The first-order valence-electron chi connectivity index (χ1n) is 18.5. The Hall–Kier alpha value is -6.73. The van der Waals surface area contributed by atoms with Crippen molar-refractivity contribution in [1.82, 2.24) is 9.97 Å². The Kier molecular flexibility index (Phi) is 16.0. The first kappa shape index (κ1) is 45.4. The van der Waals surface area contributed by atoms with Gasteiger partial charge in [-0.25, -0.2) is 21.4 Å². The number of benzene rings is 5. The van der Waals surface area contributed by atoms with Crippen molar-refractivity contribution in [3.63, 3.8) is 0 Å². The van der Waals surface area contributed by atoms with Crippen molar-refractivity contribution < 1.29 is 40.0 Å². The van der Waals surface area contributed by atoms with E-state index in [1.54, 1.807) is 73.2 Å². The van der Waals surface area contributed by atoms with Crippen LogP contribution in [0.15, 0.2) is 198 Å². The molecule has 2 heterocycles. The highest BCUT2D eigenvalue weighted by Crippen LogP contribution is 2.60. The lowest BCUT2D eigenvalue weighted by Gasteiger charge is -2.29. The third-order valence-electron chi connectivity index (χ3n) is 8.49. The smallest absolute Gasteiger partial charge is 0.414 e. The molecule has 312 valence electrons. The van der Waals surface area contributed by atoms with Gasteiger partial charge in [-0.1, -0.05) is 84.9 Å². The van der Waals surface area contributed by atoms with Gasteiger partial charge in [-0.05, 0) is 84.4 Å². The minimum atomic E-state index is -3.81. The van der Waals surface area contributed by atoms with Gasteiger partial charge in [0, 0.05) is 66.1 Å². The second kappa shape index (κ2) is 21.5. The average Bonchev–Trinajstić information content (AvgIpc) is 3.27. The Morgan fingerprint density at radius 2 is 1.10 bits per heavy atom.